The summed E-state index contributed by atoms with van der Waals surface area (Å²) in [6.45, 7) is 6.43. The van der Waals surface area contributed by atoms with Crippen molar-refractivity contribution in [2.75, 3.05) is 18.0 Å². The fraction of sp³-hybridized carbons (Fsp3) is 0.421. The molecule has 0 bridgehead atoms. The van der Waals surface area contributed by atoms with Crippen LogP contribution in [0.1, 0.15) is 35.6 Å². The molecule has 5 rings (SSSR count). The first kappa shape index (κ1) is 14.0. The van der Waals surface area contributed by atoms with Gasteiger partial charge in [0.1, 0.15) is 12.1 Å². The molecule has 2 aliphatic rings. The lowest BCUT2D eigenvalue weighted by molar-refractivity contribution is 0.0622. The lowest BCUT2D eigenvalue weighted by Gasteiger charge is -2.60. The molecule has 1 aliphatic heterocycles. The molecule has 0 amide bonds. The van der Waals surface area contributed by atoms with Crippen LogP contribution in [0.3, 0.4) is 0 Å². The molecule has 1 aliphatic carbocycles. The van der Waals surface area contributed by atoms with E-state index in [1.807, 2.05) is 4.52 Å². The lowest BCUT2D eigenvalue weighted by atomic mass is 9.56. The highest BCUT2D eigenvalue weighted by Gasteiger charge is 2.53. The largest absolute Gasteiger partial charge is 0.355 e. The molecule has 1 aromatic carbocycles. The molecule has 1 saturated heterocycles. The number of fused-ring (bicyclic) bond motifs is 1. The van der Waals surface area contributed by atoms with Gasteiger partial charge in [-0.05, 0) is 38.2 Å². The first-order valence-corrected chi connectivity index (χ1v) is 8.62. The van der Waals surface area contributed by atoms with Gasteiger partial charge in [0, 0.05) is 29.8 Å². The molecule has 1 saturated carbocycles. The Balaban J connectivity index is 1.36. The second-order valence-corrected chi connectivity index (χ2v) is 7.49. The SMILES string of the molecule is Cc1nc2ncnn2c(N2CC3(CC(c4ccccc4)C3)C2)c1C. The van der Waals surface area contributed by atoms with E-state index in [0.717, 1.165) is 24.7 Å². The maximum Gasteiger partial charge on any atom is 0.254 e. The number of benzene rings is 1. The Morgan fingerprint density at radius 3 is 2.58 bits per heavy atom. The molecule has 3 aromatic rings. The summed E-state index contributed by atoms with van der Waals surface area (Å²) in [6.07, 6.45) is 4.20. The van der Waals surface area contributed by atoms with Gasteiger partial charge in [0.05, 0.1) is 0 Å². The van der Waals surface area contributed by atoms with E-state index in [1.165, 1.54) is 29.8 Å². The molecule has 1 spiro atoms. The number of rotatable bonds is 2. The summed E-state index contributed by atoms with van der Waals surface area (Å²) in [5, 5.41) is 4.38. The maximum atomic E-state index is 4.52. The summed E-state index contributed by atoms with van der Waals surface area (Å²) in [4.78, 5) is 11.2. The first-order valence-electron chi connectivity index (χ1n) is 8.62. The van der Waals surface area contributed by atoms with E-state index in [4.69, 9.17) is 0 Å². The zero-order chi connectivity index (χ0) is 16.3. The van der Waals surface area contributed by atoms with Crippen LogP contribution in [0.25, 0.3) is 5.78 Å². The molecule has 0 unspecified atom stereocenters. The Morgan fingerprint density at radius 1 is 1.08 bits per heavy atom. The summed E-state index contributed by atoms with van der Waals surface area (Å²) < 4.78 is 1.89. The third kappa shape index (κ3) is 1.90. The highest BCUT2D eigenvalue weighted by Crippen LogP contribution is 2.56. The Hall–Kier alpha value is -2.43. The molecule has 0 atom stereocenters. The summed E-state index contributed by atoms with van der Waals surface area (Å²) in [6, 6.07) is 10.9. The van der Waals surface area contributed by atoms with Crippen LogP contribution < -0.4 is 4.90 Å². The fourth-order valence-electron chi connectivity index (χ4n) is 4.50. The first-order chi connectivity index (χ1) is 11.7. The Kier molecular flexibility index (Phi) is 2.78. The van der Waals surface area contributed by atoms with Crippen LogP contribution in [-0.4, -0.2) is 32.7 Å². The third-order valence-electron chi connectivity index (χ3n) is 5.86. The summed E-state index contributed by atoms with van der Waals surface area (Å²) in [5.74, 6) is 2.61. The van der Waals surface area contributed by atoms with Crippen molar-refractivity contribution in [2.24, 2.45) is 5.41 Å². The van der Waals surface area contributed by atoms with Crippen molar-refractivity contribution in [2.45, 2.75) is 32.6 Å². The number of aromatic nitrogens is 4. The van der Waals surface area contributed by atoms with E-state index in [0.29, 0.717) is 11.2 Å². The molecule has 3 heterocycles. The molecule has 24 heavy (non-hydrogen) atoms. The van der Waals surface area contributed by atoms with Gasteiger partial charge in [-0.3, -0.25) is 0 Å². The fourth-order valence-corrected chi connectivity index (χ4v) is 4.50. The Bertz CT molecular complexity index is 900. The minimum absolute atomic E-state index is 0.497. The van der Waals surface area contributed by atoms with Gasteiger partial charge >= 0.3 is 0 Å². The molecule has 0 N–H and O–H groups in total. The van der Waals surface area contributed by atoms with E-state index < -0.39 is 0 Å². The number of hydrogen-bond donors (Lipinski definition) is 0. The molecule has 2 fully saturated rings. The maximum absolute atomic E-state index is 4.52. The second kappa shape index (κ2) is 4.79. The van der Waals surface area contributed by atoms with Crippen LogP contribution >= 0.6 is 0 Å². The molecular formula is C19H21N5. The van der Waals surface area contributed by atoms with Crippen molar-refractivity contribution in [3.63, 3.8) is 0 Å². The Morgan fingerprint density at radius 2 is 1.83 bits per heavy atom. The lowest BCUT2D eigenvalue weighted by Crippen LogP contribution is -2.62. The average Bonchev–Trinajstić information content (AvgIpc) is 2.96. The van der Waals surface area contributed by atoms with Crippen LogP contribution in [0.4, 0.5) is 5.82 Å². The van der Waals surface area contributed by atoms with Crippen LogP contribution in [0, 0.1) is 19.3 Å². The summed E-state index contributed by atoms with van der Waals surface area (Å²) in [7, 11) is 0. The monoisotopic (exact) mass is 319 g/mol. The van der Waals surface area contributed by atoms with Crippen LogP contribution in [0.5, 0.6) is 0 Å². The average molecular weight is 319 g/mol. The molecule has 5 heteroatoms. The van der Waals surface area contributed by atoms with E-state index in [1.54, 1.807) is 6.33 Å². The predicted molar refractivity (Wildman–Crippen MR) is 93.3 cm³/mol. The van der Waals surface area contributed by atoms with Crippen molar-refractivity contribution >= 4 is 11.6 Å². The second-order valence-electron chi connectivity index (χ2n) is 7.49. The molecule has 122 valence electrons. The smallest absolute Gasteiger partial charge is 0.254 e. The van der Waals surface area contributed by atoms with Gasteiger partial charge in [-0.25, -0.2) is 4.98 Å². The van der Waals surface area contributed by atoms with Crippen molar-refractivity contribution in [3.05, 3.63) is 53.5 Å². The zero-order valence-electron chi connectivity index (χ0n) is 14.1. The molecule has 2 aromatic heterocycles. The van der Waals surface area contributed by atoms with Gasteiger partial charge < -0.3 is 4.90 Å². The highest BCUT2D eigenvalue weighted by molar-refractivity contribution is 5.56. The third-order valence-corrected chi connectivity index (χ3v) is 5.86. The Labute approximate surface area is 141 Å². The standard InChI is InChI=1S/C19H21N5/c1-13-14(2)22-18-20-12-21-24(18)17(13)23-10-19(11-23)8-16(9-19)15-6-4-3-5-7-15/h3-7,12,16H,8-11H2,1-2H3. The topological polar surface area (TPSA) is 46.3 Å². The van der Waals surface area contributed by atoms with Gasteiger partial charge in [-0.15, -0.1) is 0 Å². The van der Waals surface area contributed by atoms with Crippen LogP contribution in [0.2, 0.25) is 0 Å². The van der Waals surface area contributed by atoms with Crippen molar-refractivity contribution < 1.29 is 0 Å². The van der Waals surface area contributed by atoms with Crippen LogP contribution in [0.15, 0.2) is 36.7 Å². The molecule has 0 radical (unpaired) electrons. The summed E-state index contributed by atoms with van der Waals surface area (Å²) >= 11 is 0. The predicted octanol–water partition coefficient (Wildman–Crippen LogP) is 3.13. The van der Waals surface area contributed by atoms with E-state index >= 15 is 0 Å². The van der Waals surface area contributed by atoms with Gasteiger partial charge in [0.25, 0.3) is 5.78 Å². The van der Waals surface area contributed by atoms with Crippen molar-refractivity contribution in [1.82, 2.24) is 19.6 Å². The van der Waals surface area contributed by atoms with E-state index in [2.05, 4.69) is 64.1 Å². The van der Waals surface area contributed by atoms with Gasteiger partial charge in [-0.1, -0.05) is 30.3 Å². The van der Waals surface area contributed by atoms with Gasteiger partial charge in [0.15, 0.2) is 0 Å². The number of aryl methyl sites for hydroxylation is 1. The minimum atomic E-state index is 0.497. The van der Waals surface area contributed by atoms with Crippen molar-refractivity contribution in [3.8, 4) is 0 Å². The van der Waals surface area contributed by atoms with Crippen molar-refractivity contribution in [1.29, 1.82) is 0 Å². The zero-order valence-corrected chi connectivity index (χ0v) is 14.1. The minimum Gasteiger partial charge on any atom is -0.355 e. The number of hydrogen-bond acceptors (Lipinski definition) is 4. The van der Waals surface area contributed by atoms with Gasteiger partial charge in [-0.2, -0.15) is 14.6 Å². The quantitative estimate of drug-likeness (QED) is 0.728. The van der Waals surface area contributed by atoms with Crippen LogP contribution in [-0.2, 0) is 0 Å². The number of anilines is 1. The summed E-state index contributed by atoms with van der Waals surface area (Å²) in [5.41, 5.74) is 4.25. The highest BCUT2D eigenvalue weighted by atomic mass is 15.4. The van der Waals surface area contributed by atoms with Gasteiger partial charge in [0.2, 0.25) is 0 Å². The normalized spacial score (nSPS) is 19.5. The number of nitrogens with zero attached hydrogens (tertiary/aromatic N) is 5. The van der Waals surface area contributed by atoms with E-state index in [9.17, 15) is 0 Å². The molecule has 5 nitrogen and oxygen atoms in total. The molecular weight excluding hydrogens is 298 g/mol. The van der Waals surface area contributed by atoms with E-state index in [-0.39, 0.29) is 0 Å².